The van der Waals surface area contributed by atoms with Crippen LogP contribution >= 0.6 is 15.9 Å². The SMILES string of the molecule is CCOc1ccc2cc(CNCCc3ccc(Br)cc3)c(-c3cccnc3)nc2c1. The van der Waals surface area contributed by atoms with Gasteiger partial charge in [0.15, 0.2) is 0 Å². The van der Waals surface area contributed by atoms with Gasteiger partial charge in [0.25, 0.3) is 0 Å². The fourth-order valence-corrected chi connectivity index (χ4v) is 3.71. The van der Waals surface area contributed by atoms with Crippen molar-refractivity contribution in [2.75, 3.05) is 13.2 Å². The first-order valence-corrected chi connectivity index (χ1v) is 10.9. The first-order valence-electron chi connectivity index (χ1n) is 10.1. The van der Waals surface area contributed by atoms with Crippen LogP contribution in [-0.4, -0.2) is 23.1 Å². The summed E-state index contributed by atoms with van der Waals surface area (Å²) in [7, 11) is 0. The maximum absolute atomic E-state index is 5.65. The molecule has 5 heteroatoms. The molecule has 0 amide bonds. The Morgan fingerprint density at radius 2 is 1.90 bits per heavy atom. The third-order valence-corrected chi connectivity index (χ3v) is 5.46. The minimum atomic E-state index is 0.640. The van der Waals surface area contributed by atoms with E-state index in [4.69, 9.17) is 9.72 Å². The minimum Gasteiger partial charge on any atom is -0.494 e. The number of fused-ring (bicyclic) bond motifs is 1. The number of hydrogen-bond acceptors (Lipinski definition) is 4. The highest BCUT2D eigenvalue weighted by molar-refractivity contribution is 9.10. The summed E-state index contributed by atoms with van der Waals surface area (Å²) >= 11 is 3.49. The average Bonchev–Trinajstić information content (AvgIpc) is 2.78. The molecule has 0 aliphatic rings. The molecule has 0 saturated heterocycles. The Morgan fingerprint density at radius 1 is 1.03 bits per heavy atom. The average molecular weight is 462 g/mol. The van der Waals surface area contributed by atoms with Gasteiger partial charge in [-0.25, -0.2) is 4.98 Å². The van der Waals surface area contributed by atoms with Crippen molar-refractivity contribution in [2.45, 2.75) is 19.9 Å². The van der Waals surface area contributed by atoms with E-state index in [0.717, 1.165) is 57.5 Å². The molecule has 4 rings (SSSR count). The van der Waals surface area contributed by atoms with E-state index in [1.807, 2.05) is 31.3 Å². The standard InChI is InChI=1S/C25H24BrN3O/c1-2-30-23-10-7-19-14-21(17-28-13-11-18-5-8-22(26)9-6-18)25(29-24(19)15-23)20-4-3-12-27-16-20/h3-10,12,14-16,28H,2,11,13,17H2,1H3. The zero-order valence-corrected chi connectivity index (χ0v) is 18.5. The molecule has 152 valence electrons. The number of benzene rings is 2. The van der Waals surface area contributed by atoms with Gasteiger partial charge in [0.1, 0.15) is 5.75 Å². The van der Waals surface area contributed by atoms with Gasteiger partial charge in [-0.1, -0.05) is 28.1 Å². The predicted octanol–water partition coefficient (Wildman–Crippen LogP) is 5.79. The molecule has 0 fully saturated rings. The summed E-state index contributed by atoms with van der Waals surface area (Å²) in [5.74, 6) is 0.843. The fourth-order valence-electron chi connectivity index (χ4n) is 3.44. The zero-order chi connectivity index (χ0) is 20.8. The molecule has 1 N–H and O–H groups in total. The fraction of sp³-hybridized carbons (Fsp3) is 0.200. The Labute approximate surface area is 185 Å². The van der Waals surface area contributed by atoms with Crippen LogP contribution in [0.25, 0.3) is 22.2 Å². The van der Waals surface area contributed by atoms with Crippen molar-refractivity contribution in [1.29, 1.82) is 0 Å². The van der Waals surface area contributed by atoms with Gasteiger partial charge in [-0.3, -0.25) is 4.98 Å². The highest BCUT2D eigenvalue weighted by Gasteiger charge is 2.10. The summed E-state index contributed by atoms with van der Waals surface area (Å²) in [5, 5.41) is 4.68. The second kappa shape index (κ2) is 9.83. The molecule has 2 aromatic carbocycles. The maximum atomic E-state index is 5.65. The highest BCUT2D eigenvalue weighted by atomic mass is 79.9. The highest BCUT2D eigenvalue weighted by Crippen LogP contribution is 2.27. The minimum absolute atomic E-state index is 0.640. The van der Waals surface area contributed by atoms with Gasteiger partial charge in [-0.05, 0) is 73.5 Å². The van der Waals surface area contributed by atoms with E-state index in [9.17, 15) is 0 Å². The number of hydrogen-bond donors (Lipinski definition) is 1. The van der Waals surface area contributed by atoms with Crippen molar-refractivity contribution in [3.63, 3.8) is 0 Å². The molecule has 0 radical (unpaired) electrons. The third kappa shape index (κ3) is 5.04. The van der Waals surface area contributed by atoms with Crippen LogP contribution in [-0.2, 0) is 13.0 Å². The van der Waals surface area contributed by atoms with Gasteiger partial charge >= 0.3 is 0 Å². The van der Waals surface area contributed by atoms with E-state index in [2.05, 4.69) is 68.7 Å². The Bertz CT molecular complexity index is 1110. The smallest absolute Gasteiger partial charge is 0.121 e. The van der Waals surface area contributed by atoms with E-state index in [-0.39, 0.29) is 0 Å². The van der Waals surface area contributed by atoms with Gasteiger partial charge in [0, 0.05) is 40.4 Å². The first kappa shape index (κ1) is 20.5. The maximum Gasteiger partial charge on any atom is 0.121 e. The van der Waals surface area contributed by atoms with Crippen molar-refractivity contribution in [3.8, 4) is 17.0 Å². The number of ether oxygens (including phenoxy) is 1. The molecule has 0 aliphatic carbocycles. The molecule has 4 nitrogen and oxygen atoms in total. The van der Waals surface area contributed by atoms with Crippen LogP contribution in [0.4, 0.5) is 0 Å². The van der Waals surface area contributed by atoms with Crippen molar-refractivity contribution >= 4 is 26.8 Å². The van der Waals surface area contributed by atoms with Gasteiger partial charge in [-0.15, -0.1) is 0 Å². The number of pyridine rings is 2. The zero-order valence-electron chi connectivity index (χ0n) is 16.9. The third-order valence-electron chi connectivity index (χ3n) is 4.93. The molecule has 2 aromatic heterocycles. The van der Waals surface area contributed by atoms with Gasteiger partial charge in [0.2, 0.25) is 0 Å². The van der Waals surface area contributed by atoms with Crippen LogP contribution < -0.4 is 10.1 Å². The Hall–Kier alpha value is -2.76. The molecular formula is C25H24BrN3O. The molecule has 4 aromatic rings. The Balaban J connectivity index is 1.57. The quantitative estimate of drug-likeness (QED) is 0.337. The van der Waals surface area contributed by atoms with E-state index in [1.54, 1.807) is 6.20 Å². The van der Waals surface area contributed by atoms with Crippen LogP contribution in [0.3, 0.4) is 0 Å². The molecule has 0 saturated carbocycles. The summed E-state index contributed by atoms with van der Waals surface area (Å²) in [6, 6.07) is 20.8. The lowest BCUT2D eigenvalue weighted by Crippen LogP contribution is -2.17. The van der Waals surface area contributed by atoms with Crippen molar-refractivity contribution in [1.82, 2.24) is 15.3 Å². The molecule has 2 heterocycles. The van der Waals surface area contributed by atoms with Crippen LogP contribution in [0, 0.1) is 0 Å². The first-order chi connectivity index (χ1) is 14.7. The molecule has 0 spiro atoms. The van der Waals surface area contributed by atoms with E-state index in [0.29, 0.717) is 6.61 Å². The number of nitrogens with one attached hydrogen (secondary N) is 1. The molecule has 0 aliphatic heterocycles. The summed E-state index contributed by atoms with van der Waals surface area (Å²) in [4.78, 5) is 9.25. The van der Waals surface area contributed by atoms with Crippen LogP contribution in [0.15, 0.2) is 77.5 Å². The molecule has 30 heavy (non-hydrogen) atoms. The summed E-state index contributed by atoms with van der Waals surface area (Å²) in [6.07, 6.45) is 4.63. The Morgan fingerprint density at radius 3 is 2.67 bits per heavy atom. The van der Waals surface area contributed by atoms with Crippen LogP contribution in [0.5, 0.6) is 5.75 Å². The number of halogens is 1. The number of rotatable bonds is 8. The molecule has 0 unspecified atom stereocenters. The number of nitrogens with zero attached hydrogens (tertiary/aromatic N) is 2. The van der Waals surface area contributed by atoms with Gasteiger partial charge in [0.05, 0.1) is 17.8 Å². The normalized spacial score (nSPS) is 11.0. The second-order valence-electron chi connectivity index (χ2n) is 7.08. The van der Waals surface area contributed by atoms with Crippen molar-refractivity contribution < 1.29 is 4.74 Å². The lowest BCUT2D eigenvalue weighted by Gasteiger charge is -2.13. The van der Waals surface area contributed by atoms with E-state index < -0.39 is 0 Å². The molecular weight excluding hydrogens is 438 g/mol. The molecule has 0 bridgehead atoms. The summed E-state index contributed by atoms with van der Waals surface area (Å²) in [6.45, 7) is 4.27. The second-order valence-corrected chi connectivity index (χ2v) is 7.99. The summed E-state index contributed by atoms with van der Waals surface area (Å²) in [5.41, 5.74) is 5.39. The van der Waals surface area contributed by atoms with E-state index in [1.165, 1.54) is 5.56 Å². The summed E-state index contributed by atoms with van der Waals surface area (Å²) < 4.78 is 6.76. The number of aromatic nitrogens is 2. The van der Waals surface area contributed by atoms with Crippen molar-refractivity contribution in [3.05, 3.63) is 88.7 Å². The largest absolute Gasteiger partial charge is 0.494 e. The predicted molar refractivity (Wildman–Crippen MR) is 126 cm³/mol. The topological polar surface area (TPSA) is 47.0 Å². The van der Waals surface area contributed by atoms with E-state index >= 15 is 0 Å². The van der Waals surface area contributed by atoms with Gasteiger partial charge in [-0.2, -0.15) is 0 Å². The lowest BCUT2D eigenvalue weighted by molar-refractivity contribution is 0.340. The van der Waals surface area contributed by atoms with Crippen LogP contribution in [0.2, 0.25) is 0 Å². The van der Waals surface area contributed by atoms with Crippen molar-refractivity contribution in [2.24, 2.45) is 0 Å². The monoisotopic (exact) mass is 461 g/mol. The Kier molecular flexibility index (Phi) is 6.72. The lowest BCUT2D eigenvalue weighted by atomic mass is 10.0. The van der Waals surface area contributed by atoms with Gasteiger partial charge < -0.3 is 10.1 Å². The van der Waals surface area contributed by atoms with Crippen LogP contribution in [0.1, 0.15) is 18.1 Å². The molecule has 0 atom stereocenters.